The number of nitrogens with zero attached hydrogens (tertiary/aromatic N) is 3. The molecule has 0 spiro atoms. The number of pyridine rings is 1. The van der Waals surface area contributed by atoms with Gasteiger partial charge >= 0.3 is 0 Å². The maximum atomic E-state index is 12.8. The van der Waals surface area contributed by atoms with Crippen molar-refractivity contribution in [3.05, 3.63) is 39.4 Å². The van der Waals surface area contributed by atoms with Gasteiger partial charge in [0.05, 0.1) is 30.4 Å². The molecule has 0 amide bonds. The highest BCUT2D eigenvalue weighted by Gasteiger charge is 2.39. The minimum atomic E-state index is -2.55. The monoisotopic (exact) mass is 402 g/mol. The summed E-state index contributed by atoms with van der Waals surface area (Å²) in [6, 6.07) is 3.66. The second-order valence-electron chi connectivity index (χ2n) is 5.84. The van der Waals surface area contributed by atoms with Crippen LogP contribution in [-0.4, -0.2) is 38.1 Å². The SMILES string of the molecule is C=S1(=O)C[C@@](C)(c2sc(-c3cncc(Cl)c3)cc2Cl)N=C(N)N1C. The number of aliphatic imine (C=N–C) groups is 1. The first-order valence-corrected chi connectivity index (χ1v) is 10.4. The molecule has 1 unspecified atom stereocenters. The summed E-state index contributed by atoms with van der Waals surface area (Å²) in [5.41, 5.74) is 6.02. The predicted octanol–water partition coefficient (Wildman–Crippen LogP) is 3.22. The van der Waals surface area contributed by atoms with Gasteiger partial charge < -0.3 is 5.73 Å². The number of hydrogen-bond acceptors (Lipinski definition) is 5. The van der Waals surface area contributed by atoms with Gasteiger partial charge in [-0.25, -0.2) is 9.20 Å². The van der Waals surface area contributed by atoms with Crippen molar-refractivity contribution < 1.29 is 4.21 Å². The normalized spacial score (nSPS) is 27.2. The molecule has 1 aliphatic rings. The van der Waals surface area contributed by atoms with E-state index in [-0.39, 0.29) is 11.7 Å². The molecule has 24 heavy (non-hydrogen) atoms. The summed E-state index contributed by atoms with van der Waals surface area (Å²) in [6.07, 6.45) is 3.29. The average molecular weight is 403 g/mol. The number of rotatable bonds is 2. The first-order valence-electron chi connectivity index (χ1n) is 6.97. The molecule has 5 nitrogen and oxygen atoms in total. The van der Waals surface area contributed by atoms with Gasteiger partial charge in [-0.3, -0.25) is 9.29 Å². The molecular formula is C15H16Cl2N4OS2. The van der Waals surface area contributed by atoms with Gasteiger partial charge in [0, 0.05) is 29.9 Å². The van der Waals surface area contributed by atoms with Crippen molar-refractivity contribution in [1.29, 1.82) is 0 Å². The molecule has 2 aromatic rings. The van der Waals surface area contributed by atoms with Gasteiger partial charge in [-0.1, -0.05) is 23.2 Å². The maximum absolute atomic E-state index is 12.8. The quantitative estimate of drug-likeness (QED) is 0.783. The van der Waals surface area contributed by atoms with Gasteiger partial charge in [0.1, 0.15) is 5.54 Å². The average Bonchev–Trinajstić information content (AvgIpc) is 2.87. The summed E-state index contributed by atoms with van der Waals surface area (Å²) >= 11 is 13.9. The fraction of sp³-hybridized carbons (Fsp3) is 0.267. The van der Waals surface area contributed by atoms with Crippen molar-refractivity contribution in [3.63, 3.8) is 0 Å². The number of nitrogens with two attached hydrogens (primary N) is 1. The van der Waals surface area contributed by atoms with E-state index in [0.29, 0.717) is 10.0 Å². The Bertz CT molecular complexity index is 939. The Morgan fingerprint density at radius 3 is 2.75 bits per heavy atom. The Kier molecular flexibility index (Phi) is 4.32. The largest absolute Gasteiger partial charge is 0.369 e. The van der Waals surface area contributed by atoms with Crippen molar-refractivity contribution in [2.45, 2.75) is 12.5 Å². The second kappa shape index (κ2) is 5.91. The van der Waals surface area contributed by atoms with Crippen molar-refractivity contribution in [2.24, 2.45) is 10.7 Å². The van der Waals surface area contributed by atoms with Crippen molar-refractivity contribution in [3.8, 4) is 10.4 Å². The molecule has 1 aliphatic heterocycles. The van der Waals surface area contributed by atoms with Gasteiger partial charge in [0.15, 0.2) is 0 Å². The molecule has 0 saturated heterocycles. The molecule has 2 N–H and O–H groups in total. The predicted molar refractivity (Wildman–Crippen MR) is 104 cm³/mol. The molecule has 0 aromatic carbocycles. The Morgan fingerprint density at radius 1 is 1.42 bits per heavy atom. The van der Waals surface area contributed by atoms with E-state index in [1.807, 2.05) is 19.1 Å². The fourth-order valence-electron chi connectivity index (χ4n) is 2.60. The standard InChI is InChI=1S/C15H16Cl2N4OS2/c1-15(8-24(3,22)21(2)14(18)20-15)13-11(17)5-12(23-13)9-4-10(16)7-19-6-9/h4-7H,3,8H2,1-2H3,(H2,18,20)/t15-,24?/m0/s1. The van der Waals surface area contributed by atoms with Crippen LogP contribution in [0.2, 0.25) is 10.0 Å². The van der Waals surface area contributed by atoms with Gasteiger partial charge in [-0.15, -0.1) is 11.3 Å². The summed E-state index contributed by atoms with van der Waals surface area (Å²) in [4.78, 5) is 10.3. The molecule has 0 saturated carbocycles. The highest BCUT2D eigenvalue weighted by molar-refractivity contribution is 7.98. The van der Waals surface area contributed by atoms with E-state index >= 15 is 0 Å². The van der Waals surface area contributed by atoms with E-state index in [0.717, 1.165) is 15.3 Å². The van der Waals surface area contributed by atoms with Gasteiger partial charge in [0.25, 0.3) is 0 Å². The van der Waals surface area contributed by atoms with E-state index in [1.165, 1.54) is 15.6 Å². The number of halogens is 2. The maximum Gasteiger partial charge on any atom is 0.203 e. The molecule has 0 radical (unpaired) electrons. The lowest BCUT2D eigenvalue weighted by Crippen LogP contribution is -2.50. The van der Waals surface area contributed by atoms with Gasteiger partial charge in [-0.2, -0.15) is 0 Å². The molecule has 0 fully saturated rings. The van der Waals surface area contributed by atoms with E-state index in [4.69, 9.17) is 28.9 Å². The molecule has 9 heteroatoms. The van der Waals surface area contributed by atoms with Crippen molar-refractivity contribution in [1.82, 2.24) is 9.29 Å². The van der Waals surface area contributed by atoms with E-state index in [9.17, 15) is 4.21 Å². The van der Waals surface area contributed by atoms with Crippen LogP contribution in [0.4, 0.5) is 0 Å². The minimum absolute atomic E-state index is 0.194. The first-order chi connectivity index (χ1) is 11.1. The molecule has 0 bridgehead atoms. The van der Waals surface area contributed by atoms with Crippen molar-refractivity contribution in [2.75, 3.05) is 12.8 Å². The summed E-state index contributed by atoms with van der Waals surface area (Å²) in [6.45, 7) is 1.87. The molecule has 0 aliphatic carbocycles. The third-order valence-corrected chi connectivity index (χ3v) is 8.11. The lowest BCUT2D eigenvalue weighted by Gasteiger charge is -2.36. The van der Waals surface area contributed by atoms with Crippen LogP contribution in [0.15, 0.2) is 29.5 Å². The van der Waals surface area contributed by atoms with Crippen LogP contribution in [0, 0.1) is 0 Å². The first kappa shape index (κ1) is 17.5. The summed E-state index contributed by atoms with van der Waals surface area (Å²) in [5.74, 6) is 4.25. The summed E-state index contributed by atoms with van der Waals surface area (Å²) < 4.78 is 14.2. The van der Waals surface area contributed by atoms with Crippen LogP contribution >= 0.6 is 34.5 Å². The van der Waals surface area contributed by atoms with Crippen LogP contribution in [0.3, 0.4) is 0 Å². The zero-order valence-corrected chi connectivity index (χ0v) is 16.3. The third kappa shape index (κ3) is 3.01. The van der Waals surface area contributed by atoms with Crippen LogP contribution < -0.4 is 5.73 Å². The van der Waals surface area contributed by atoms with Crippen LogP contribution in [0.25, 0.3) is 10.4 Å². The Balaban J connectivity index is 2.11. The zero-order valence-electron chi connectivity index (χ0n) is 13.1. The minimum Gasteiger partial charge on any atom is -0.369 e. The van der Waals surface area contributed by atoms with Gasteiger partial charge in [0.2, 0.25) is 5.96 Å². The van der Waals surface area contributed by atoms with Crippen LogP contribution in [-0.2, 0) is 15.2 Å². The molecule has 2 aromatic heterocycles. The van der Waals surface area contributed by atoms with E-state index < -0.39 is 15.2 Å². The molecule has 3 heterocycles. The van der Waals surface area contributed by atoms with E-state index in [1.54, 1.807) is 19.4 Å². The molecule has 2 atom stereocenters. The van der Waals surface area contributed by atoms with Crippen molar-refractivity contribution >= 4 is 56.1 Å². The topological polar surface area (TPSA) is 71.6 Å². The molecule has 3 rings (SSSR count). The van der Waals surface area contributed by atoms with Crippen LogP contribution in [0.5, 0.6) is 0 Å². The lowest BCUT2D eigenvalue weighted by molar-refractivity contribution is 0.522. The molecule has 128 valence electrons. The Hall–Kier alpha value is -1.28. The Labute approximate surface area is 155 Å². The van der Waals surface area contributed by atoms with Crippen LogP contribution in [0.1, 0.15) is 11.8 Å². The fourth-order valence-corrected chi connectivity index (χ4v) is 6.14. The number of hydrogen-bond donors (Lipinski definition) is 1. The number of thiophene rings is 1. The number of aromatic nitrogens is 1. The number of guanidine groups is 1. The smallest absolute Gasteiger partial charge is 0.203 e. The second-order valence-corrected chi connectivity index (χ2v) is 10.1. The molecular weight excluding hydrogens is 387 g/mol. The highest BCUT2D eigenvalue weighted by Crippen LogP contribution is 2.44. The highest BCUT2D eigenvalue weighted by atomic mass is 35.5. The summed E-state index contributed by atoms with van der Waals surface area (Å²) in [7, 11) is -0.921. The summed E-state index contributed by atoms with van der Waals surface area (Å²) in [5, 5.41) is 1.10. The third-order valence-electron chi connectivity index (χ3n) is 3.85. The Morgan fingerprint density at radius 2 is 2.12 bits per heavy atom. The zero-order chi connectivity index (χ0) is 17.7. The van der Waals surface area contributed by atoms with Gasteiger partial charge in [-0.05, 0) is 24.9 Å². The lowest BCUT2D eigenvalue weighted by atomic mass is 10.0. The van der Waals surface area contributed by atoms with E-state index in [2.05, 4.69) is 15.8 Å².